The van der Waals surface area contributed by atoms with Gasteiger partial charge in [-0.1, -0.05) is 0 Å². The molecule has 5 rings (SSSR count). The molecule has 0 spiro atoms. The first-order valence-electron chi connectivity index (χ1n) is 7.59. The number of fused-ring (bicyclic) bond motifs is 5. The highest BCUT2D eigenvalue weighted by Gasteiger charge is 2.25. The summed E-state index contributed by atoms with van der Waals surface area (Å²) in [6.07, 6.45) is 4.03. The number of aryl methyl sites for hydroxylation is 1. The molecular formula is C18H11I2N3O. The fraction of sp³-hybridized carbons (Fsp3) is 0.111. The molecule has 2 aromatic heterocycles. The molecule has 0 atom stereocenters. The maximum Gasteiger partial charge on any atom is 0.142 e. The van der Waals surface area contributed by atoms with Gasteiger partial charge in [0.15, 0.2) is 0 Å². The van der Waals surface area contributed by atoms with Crippen LogP contribution in [0.4, 0.5) is 0 Å². The van der Waals surface area contributed by atoms with Gasteiger partial charge < -0.3 is 5.11 Å². The highest BCUT2D eigenvalue weighted by Crippen LogP contribution is 2.41. The van der Waals surface area contributed by atoms with Gasteiger partial charge in [-0.2, -0.15) is 5.10 Å². The van der Waals surface area contributed by atoms with Gasteiger partial charge in [0.05, 0.1) is 30.1 Å². The van der Waals surface area contributed by atoms with Crippen molar-refractivity contribution in [3.63, 3.8) is 0 Å². The monoisotopic (exact) mass is 539 g/mol. The summed E-state index contributed by atoms with van der Waals surface area (Å²) >= 11 is 4.35. The number of nitrogens with zero attached hydrogens (tertiary/aromatic N) is 2. The maximum atomic E-state index is 10.0. The van der Waals surface area contributed by atoms with E-state index in [2.05, 4.69) is 61.4 Å². The molecule has 1 aliphatic rings. The largest absolute Gasteiger partial charge is 0.506 e. The van der Waals surface area contributed by atoms with Crippen molar-refractivity contribution in [1.29, 1.82) is 0 Å². The summed E-state index contributed by atoms with van der Waals surface area (Å²) in [7, 11) is 0. The van der Waals surface area contributed by atoms with Crippen molar-refractivity contribution in [2.45, 2.75) is 12.8 Å². The standard InChI is InChI=1S/C18H11I2N3O/c19-12-5-8(6-13(20)18(12)24)17-10-2-1-9(10)16-11-7-21-23-14(11)3-4-15(16)22-17/h3-7,24H,1-2H2,(H,21,23). The molecule has 2 N–H and O–H groups in total. The predicted molar refractivity (Wildman–Crippen MR) is 111 cm³/mol. The SMILES string of the molecule is Oc1c(I)cc(-c2nc3ccc4[nH]ncc4c3c3c2CC3)cc1I. The number of aromatic nitrogens is 3. The number of hydrogen-bond donors (Lipinski definition) is 2. The first kappa shape index (κ1) is 14.9. The Kier molecular flexibility index (Phi) is 3.28. The summed E-state index contributed by atoms with van der Waals surface area (Å²) in [6, 6.07) is 8.13. The number of pyridine rings is 1. The molecule has 0 amide bonds. The minimum absolute atomic E-state index is 0.347. The quantitative estimate of drug-likeness (QED) is 0.342. The van der Waals surface area contributed by atoms with Gasteiger partial charge >= 0.3 is 0 Å². The second kappa shape index (κ2) is 5.29. The number of hydrogen-bond acceptors (Lipinski definition) is 3. The summed E-state index contributed by atoms with van der Waals surface area (Å²) < 4.78 is 1.71. The average molecular weight is 539 g/mol. The van der Waals surface area contributed by atoms with E-state index in [1.807, 2.05) is 24.4 Å². The Morgan fingerprint density at radius 3 is 2.50 bits per heavy atom. The van der Waals surface area contributed by atoms with E-state index in [0.717, 1.165) is 47.7 Å². The minimum Gasteiger partial charge on any atom is -0.506 e. The van der Waals surface area contributed by atoms with Crippen LogP contribution in [0.2, 0.25) is 0 Å². The van der Waals surface area contributed by atoms with Crippen LogP contribution < -0.4 is 0 Å². The normalized spacial score (nSPS) is 13.2. The molecule has 2 aromatic carbocycles. The predicted octanol–water partition coefficient (Wildman–Crippen LogP) is 4.79. The van der Waals surface area contributed by atoms with Gasteiger partial charge in [0.1, 0.15) is 5.75 Å². The van der Waals surface area contributed by atoms with Crippen LogP contribution in [0.1, 0.15) is 11.1 Å². The zero-order valence-corrected chi connectivity index (χ0v) is 16.7. The van der Waals surface area contributed by atoms with Crippen LogP contribution in [0.3, 0.4) is 0 Å². The Morgan fingerprint density at radius 2 is 1.79 bits per heavy atom. The van der Waals surface area contributed by atoms with Gasteiger partial charge in [0, 0.05) is 16.3 Å². The molecule has 0 aliphatic heterocycles. The Bertz CT molecular complexity index is 1130. The van der Waals surface area contributed by atoms with E-state index in [1.165, 1.54) is 16.5 Å². The summed E-state index contributed by atoms with van der Waals surface area (Å²) in [5, 5.41) is 19.6. The maximum absolute atomic E-state index is 10.0. The zero-order chi connectivity index (χ0) is 16.4. The van der Waals surface area contributed by atoms with Crippen LogP contribution in [-0.4, -0.2) is 20.3 Å². The third kappa shape index (κ3) is 2.01. The Hall–Kier alpha value is -1.42. The van der Waals surface area contributed by atoms with E-state index in [4.69, 9.17) is 4.98 Å². The molecule has 4 aromatic rings. The molecule has 4 nitrogen and oxygen atoms in total. The Labute approximate surface area is 165 Å². The molecule has 0 saturated carbocycles. The molecule has 0 radical (unpaired) electrons. The summed E-state index contributed by atoms with van der Waals surface area (Å²) in [5.74, 6) is 0.347. The second-order valence-electron chi connectivity index (χ2n) is 6.00. The van der Waals surface area contributed by atoms with Gasteiger partial charge in [0.25, 0.3) is 0 Å². The molecule has 0 unspecified atom stereocenters. The van der Waals surface area contributed by atoms with E-state index >= 15 is 0 Å². The van der Waals surface area contributed by atoms with Gasteiger partial charge in [0.2, 0.25) is 0 Å². The summed E-state index contributed by atoms with van der Waals surface area (Å²) in [4.78, 5) is 4.97. The number of halogens is 2. The number of nitrogens with one attached hydrogen (secondary N) is 1. The lowest BCUT2D eigenvalue weighted by molar-refractivity contribution is 0.467. The van der Waals surface area contributed by atoms with Crippen molar-refractivity contribution in [1.82, 2.24) is 15.2 Å². The van der Waals surface area contributed by atoms with E-state index in [1.54, 1.807) is 0 Å². The lowest BCUT2D eigenvalue weighted by Crippen LogP contribution is -2.13. The van der Waals surface area contributed by atoms with Crippen LogP contribution in [0.5, 0.6) is 5.75 Å². The third-order valence-electron chi connectivity index (χ3n) is 4.70. The number of H-pyrrole nitrogens is 1. The smallest absolute Gasteiger partial charge is 0.142 e. The number of aromatic amines is 1. The van der Waals surface area contributed by atoms with E-state index < -0.39 is 0 Å². The van der Waals surface area contributed by atoms with Crippen molar-refractivity contribution >= 4 is 67.0 Å². The van der Waals surface area contributed by atoms with Gasteiger partial charge in [-0.15, -0.1) is 0 Å². The molecule has 0 saturated heterocycles. The fourth-order valence-electron chi connectivity index (χ4n) is 3.46. The van der Waals surface area contributed by atoms with E-state index in [-0.39, 0.29) is 0 Å². The molecule has 2 heterocycles. The highest BCUT2D eigenvalue weighted by molar-refractivity contribution is 14.1. The van der Waals surface area contributed by atoms with Crippen molar-refractivity contribution in [2.24, 2.45) is 0 Å². The summed E-state index contributed by atoms with van der Waals surface area (Å²) in [6.45, 7) is 0. The van der Waals surface area contributed by atoms with Crippen LogP contribution in [0, 0.1) is 7.14 Å². The molecule has 118 valence electrons. The molecule has 0 fully saturated rings. The second-order valence-corrected chi connectivity index (χ2v) is 8.32. The molecular weight excluding hydrogens is 528 g/mol. The number of benzene rings is 2. The third-order valence-corrected chi connectivity index (χ3v) is 6.35. The van der Waals surface area contributed by atoms with Gasteiger partial charge in [-0.3, -0.25) is 5.10 Å². The molecule has 6 heteroatoms. The average Bonchev–Trinajstić information content (AvgIpc) is 3.00. The number of aromatic hydroxyl groups is 1. The van der Waals surface area contributed by atoms with Crippen LogP contribution in [0.25, 0.3) is 33.1 Å². The Balaban J connectivity index is 1.85. The van der Waals surface area contributed by atoms with Crippen molar-refractivity contribution in [2.75, 3.05) is 0 Å². The minimum atomic E-state index is 0.347. The van der Waals surface area contributed by atoms with Gasteiger partial charge in [-0.25, -0.2) is 4.98 Å². The Morgan fingerprint density at radius 1 is 1.04 bits per heavy atom. The molecule has 24 heavy (non-hydrogen) atoms. The number of rotatable bonds is 1. The first-order chi connectivity index (χ1) is 11.6. The number of phenolic OH excluding ortho intramolecular Hbond substituents is 1. The van der Waals surface area contributed by atoms with Crippen molar-refractivity contribution < 1.29 is 5.11 Å². The van der Waals surface area contributed by atoms with E-state index in [0.29, 0.717) is 5.75 Å². The lowest BCUT2D eigenvalue weighted by atomic mass is 9.82. The zero-order valence-electron chi connectivity index (χ0n) is 12.4. The van der Waals surface area contributed by atoms with E-state index in [9.17, 15) is 5.11 Å². The molecule has 1 aliphatic carbocycles. The van der Waals surface area contributed by atoms with Crippen LogP contribution >= 0.6 is 45.2 Å². The van der Waals surface area contributed by atoms with Crippen molar-refractivity contribution in [3.8, 4) is 17.0 Å². The summed E-state index contributed by atoms with van der Waals surface area (Å²) in [5.41, 5.74) is 6.90. The highest BCUT2D eigenvalue weighted by atomic mass is 127. The molecule has 0 bridgehead atoms. The van der Waals surface area contributed by atoms with Crippen LogP contribution in [-0.2, 0) is 12.8 Å². The van der Waals surface area contributed by atoms with Gasteiger partial charge in [-0.05, 0) is 93.4 Å². The topological polar surface area (TPSA) is 61.8 Å². The number of phenols is 1. The van der Waals surface area contributed by atoms with Crippen molar-refractivity contribution in [3.05, 3.63) is 48.7 Å². The first-order valence-corrected chi connectivity index (χ1v) is 9.75. The lowest BCUT2D eigenvalue weighted by Gasteiger charge is -2.25. The van der Waals surface area contributed by atoms with Crippen LogP contribution in [0.15, 0.2) is 30.5 Å². The fourth-order valence-corrected chi connectivity index (χ4v) is 5.23.